The van der Waals surface area contributed by atoms with Crippen molar-refractivity contribution in [3.8, 4) is 11.5 Å². The number of carbonyl (C=O) groups excluding carboxylic acids is 4. The molecule has 0 amide bonds. The van der Waals surface area contributed by atoms with Crippen molar-refractivity contribution in [2.45, 2.75) is 51.1 Å². The maximum absolute atomic E-state index is 13.3. The molecule has 0 atom stereocenters. The van der Waals surface area contributed by atoms with Gasteiger partial charge in [0.15, 0.2) is 0 Å². The second-order valence-corrected chi connectivity index (χ2v) is 24.3. The first-order chi connectivity index (χ1) is 25.7. The Morgan fingerprint density at radius 2 is 0.963 bits per heavy atom. The van der Waals surface area contributed by atoms with E-state index in [1.807, 2.05) is 72.3 Å². The van der Waals surface area contributed by atoms with E-state index in [-0.39, 0.29) is 0 Å². The van der Waals surface area contributed by atoms with Crippen LogP contribution in [-0.4, -0.2) is 57.8 Å². The fourth-order valence-corrected chi connectivity index (χ4v) is 11.3. The van der Waals surface area contributed by atoms with E-state index in [0.29, 0.717) is 35.8 Å². The van der Waals surface area contributed by atoms with Gasteiger partial charge < -0.3 is 23.5 Å². The molecule has 1 heterocycles. The van der Waals surface area contributed by atoms with E-state index in [1.54, 1.807) is 24.3 Å². The number of hydrogen-bond donors (Lipinski definition) is 0. The van der Waals surface area contributed by atoms with Crippen molar-refractivity contribution in [1.29, 1.82) is 0 Å². The average Bonchev–Trinajstić information content (AvgIpc) is 3.45. The van der Waals surface area contributed by atoms with Crippen LogP contribution >= 0.6 is 0 Å². The zero-order valence-corrected chi connectivity index (χ0v) is 33.6. The first-order valence-electron chi connectivity index (χ1n) is 18.0. The van der Waals surface area contributed by atoms with Crippen molar-refractivity contribution >= 4 is 72.2 Å². The number of carbonyl (C=O) groups is 4. The number of esters is 4. The number of aromatic nitrogens is 1. The van der Waals surface area contributed by atoms with Crippen LogP contribution in [0.15, 0.2) is 110 Å². The third-order valence-corrected chi connectivity index (χ3v) is 16.9. The van der Waals surface area contributed by atoms with Crippen LogP contribution in [0.25, 0.3) is 21.8 Å². The maximum atomic E-state index is 13.3. The fraction of sp³-hybridized carbons (Fsp3) is 0.256. The van der Waals surface area contributed by atoms with Crippen molar-refractivity contribution in [1.82, 2.24) is 4.57 Å². The highest BCUT2D eigenvalue weighted by Crippen LogP contribution is 2.30. The van der Waals surface area contributed by atoms with Crippen LogP contribution in [0.4, 0.5) is 0 Å². The Hall–Kier alpha value is -5.53. The van der Waals surface area contributed by atoms with Crippen molar-refractivity contribution < 1.29 is 38.1 Å². The van der Waals surface area contributed by atoms with E-state index in [0.717, 1.165) is 46.7 Å². The summed E-state index contributed by atoms with van der Waals surface area (Å²) in [5.74, 6) is -0.840. The molecule has 5 rings (SSSR count). The molecule has 0 fully saturated rings. The molecule has 0 N–H and O–H groups in total. The lowest BCUT2D eigenvalue weighted by atomic mass is 10.1. The molecular weight excluding hydrogens is 715 g/mol. The van der Waals surface area contributed by atoms with Crippen LogP contribution in [0, 0.1) is 0 Å². The second kappa shape index (κ2) is 17.1. The molecule has 0 spiro atoms. The summed E-state index contributed by atoms with van der Waals surface area (Å²) >= 11 is 0. The van der Waals surface area contributed by atoms with Crippen molar-refractivity contribution in [2.75, 3.05) is 13.2 Å². The SMILES string of the molecule is C=CC(=O)OCCC[Si](C)(C)c1ccc(OC(=O)c2ccc3c4ccc(C(=O)Oc5ccc([Si](C)(C)CCCOC(=O)C=C)cc5)cc4n(C)c3c2)cc1. The molecule has 54 heavy (non-hydrogen) atoms. The largest absolute Gasteiger partial charge is 0.463 e. The highest BCUT2D eigenvalue weighted by atomic mass is 28.3. The number of nitrogens with zero attached hydrogens (tertiary/aromatic N) is 1. The first-order valence-corrected chi connectivity index (χ1v) is 24.4. The maximum Gasteiger partial charge on any atom is 0.343 e. The smallest absolute Gasteiger partial charge is 0.343 e. The lowest BCUT2D eigenvalue weighted by Crippen LogP contribution is -2.41. The van der Waals surface area contributed by atoms with Gasteiger partial charge in [-0.1, -0.05) is 98.2 Å². The van der Waals surface area contributed by atoms with Gasteiger partial charge in [-0.25, -0.2) is 19.2 Å². The quantitative estimate of drug-likeness (QED) is 0.0329. The summed E-state index contributed by atoms with van der Waals surface area (Å²) in [6.45, 7) is 16.6. The van der Waals surface area contributed by atoms with Gasteiger partial charge in [-0.05, 0) is 61.4 Å². The molecule has 0 unspecified atom stereocenters. The highest BCUT2D eigenvalue weighted by Gasteiger charge is 2.25. The molecule has 0 bridgehead atoms. The summed E-state index contributed by atoms with van der Waals surface area (Å²) in [7, 11) is -1.68. The topological polar surface area (TPSA) is 110 Å². The van der Waals surface area contributed by atoms with Gasteiger partial charge in [0.25, 0.3) is 0 Å². The molecule has 280 valence electrons. The monoisotopic (exact) mass is 761 g/mol. The zero-order chi connectivity index (χ0) is 39.0. The summed E-state index contributed by atoms with van der Waals surface area (Å²) < 4.78 is 23.7. The number of aryl methyl sites for hydroxylation is 1. The van der Waals surface area contributed by atoms with E-state index in [1.165, 1.54) is 22.5 Å². The minimum Gasteiger partial charge on any atom is -0.463 e. The number of fused-ring (bicyclic) bond motifs is 3. The lowest BCUT2D eigenvalue weighted by Gasteiger charge is -2.23. The Bertz CT molecular complexity index is 2050. The second-order valence-electron chi connectivity index (χ2n) is 14.6. The Morgan fingerprint density at radius 1 is 0.593 bits per heavy atom. The minimum atomic E-state index is -1.79. The van der Waals surface area contributed by atoms with Gasteiger partial charge in [0, 0.05) is 41.0 Å². The van der Waals surface area contributed by atoms with Gasteiger partial charge in [-0.3, -0.25) is 0 Å². The molecule has 11 heteroatoms. The minimum absolute atomic E-state index is 0.364. The number of ether oxygens (including phenoxy) is 4. The van der Waals surface area contributed by atoms with Crippen LogP contribution in [0.3, 0.4) is 0 Å². The number of rotatable bonds is 16. The van der Waals surface area contributed by atoms with Crippen molar-refractivity contribution in [3.05, 3.63) is 121 Å². The molecule has 0 aliphatic heterocycles. The average molecular weight is 762 g/mol. The summed E-state index contributed by atoms with van der Waals surface area (Å²) in [6.07, 6.45) is 3.88. The van der Waals surface area contributed by atoms with Crippen molar-refractivity contribution in [3.63, 3.8) is 0 Å². The van der Waals surface area contributed by atoms with Crippen LogP contribution in [-0.2, 0) is 26.1 Å². The molecule has 9 nitrogen and oxygen atoms in total. The molecule has 5 aromatic rings. The number of hydrogen-bond acceptors (Lipinski definition) is 8. The predicted octanol–water partition coefficient (Wildman–Crippen LogP) is 7.84. The molecular formula is C43H47NO8Si2. The van der Waals surface area contributed by atoms with Gasteiger partial charge in [-0.15, -0.1) is 0 Å². The summed E-state index contributed by atoms with van der Waals surface area (Å²) in [4.78, 5) is 49.1. The molecule has 0 radical (unpaired) electrons. The van der Waals surface area contributed by atoms with Gasteiger partial charge >= 0.3 is 23.9 Å². The highest BCUT2D eigenvalue weighted by molar-refractivity contribution is 6.90. The van der Waals surface area contributed by atoms with Crippen LogP contribution in [0.2, 0.25) is 38.3 Å². The molecule has 0 saturated carbocycles. The van der Waals surface area contributed by atoms with Gasteiger partial charge in [0.05, 0.1) is 40.5 Å². The van der Waals surface area contributed by atoms with E-state index in [9.17, 15) is 19.2 Å². The number of benzene rings is 4. The zero-order valence-electron chi connectivity index (χ0n) is 31.6. The van der Waals surface area contributed by atoms with Gasteiger partial charge in [0.1, 0.15) is 11.5 Å². The van der Waals surface area contributed by atoms with E-state index >= 15 is 0 Å². The summed E-state index contributed by atoms with van der Waals surface area (Å²) in [5, 5.41) is 4.33. The van der Waals surface area contributed by atoms with Gasteiger partial charge in [-0.2, -0.15) is 0 Å². The van der Waals surface area contributed by atoms with Crippen LogP contribution < -0.4 is 19.8 Å². The van der Waals surface area contributed by atoms with E-state index < -0.39 is 40.0 Å². The van der Waals surface area contributed by atoms with Crippen LogP contribution in [0.5, 0.6) is 11.5 Å². The lowest BCUT2D eigenvalue weighted by molar-refractivity contribution is -0.138. The van der Waals surface area contributed by atoms with E-state index in [4.69, 9.17) is 18.9 Å². The normalized spacial score (nSPS) is 11.6. The van der Waals surface area contributed by atoms with E-state index in [2.05, 4.69) is 39.3 Å². The summed E-state index contributed by atoms with van der Waals surface area (Å²) in [6, 6.07) is 28.1. The van der Waals surface area contributed by atoms with Gasteiger partial charge in [0.2, 0.25) is 0 Å². The van der Waals surface area contributed by atoms with Crippen molar-refractivity contribution in [2.24, 2.45) is 7.05 Å². The molecule has 0 aliphatic carbocycles. The Kier molecular flexibility index (Phi) is 12.6. The first kappa shape index (κ1) is 39.7. The molecule has 4 aromatic carbocycles. The Labute approximate surface area is 318 Å². The third kappa shape index (κ3) is 9.52. The Balaban J connectivity index is 1.22. The predicted molar refractivity (Wildman–Crippen MR) is 219 cm³/mol. The van der Waals surface area contributed by atoms with Crippen LogP contribution in [0.1, 0.15) is 33.6 Å². The summed E-state index contributed by atoms with van der Waals surface area (Å²) in [5.41, 5.74) is 2.47. The fourth-order valence-electron chi connectivity index (χ4n) is 6.52. The standard InChI is InChI=1S/C43H47NO8Si2/c1-8-40(45)49-24-10-26-53(4,5)34-18-14-32(15-19-34)51-42(47)30-12-22-36-37-23-13-31(29-39(37)44(3)38(36)28-30)43(48)52-33-16-20-35(21-17-33)54(6,7)27-11-25-50-41(46)9-2/h8-9,12-23,28-29H,1-2,10-11,24-27H2,3-7H3. The molecule has 0 saturated heterocycles. The third-order valence-electron chi connectivity index (χ3n) is 9.89. The Morgan fingerprint density at radius 3 is 1.31 bits per heavy atom. The molecule has 1 aromatic heterocycles. The molecule has 0 aliphatic rings.